The molecule has 0 bridgehead atoms. The van der Waals surface area contributed by atoms with Crippen molar-refractivity contribution in [1.29, 1.82) is 0 Å². The minimum absolute atomic E-state index is 0.00133. The highest BCUT2D eigenvalue weighted by Crippen LogP contribution is 2.13. The van der Waals surface area contributed by atoms with Crippen molar-refractivity contribution < 1.29 is 4.79 Å². The number of hydrogen-bond donors (Lipinski definition) is 1. The number of para-hydroxylation sites is 1. The summed E-state index contributed by atoms with van der Waals surface area (Å²) in [4.78, 5) is 15.5. The standard InChI is InChI=1S/C12H14N4OS/c1-2-13-11(17)8-18-12-14-9-16(15-12)10-6-4-3-5-7-10/h3-7,9H,2,8H2,1H3,(H,13,17). The number of thioether (sulfide) groups is 1. The molecule has 1 N–H and O–H groups in total. The Labute approximate surface area is 110 Å². The largest absolute Gasteiger partial charge is 0.356 e. The third kappa shape index (κ3) is 3.33. The van der Waals surface area contributed by atoms with Gasteiger partial charge in [0.1, 0.15) is 6.33 Å². The lowest BCUT2D eigenvalue weighted by Crippen LogP contribution is -2.24. The molecule has 0 aliphatic rings. The van der Waals surface area contributed by atoms with E-state index < -0.39 is 0 Å². The third-order valence-electron chi connectivity index (χ3n) is 2.20. The van der Waals surface area contributed by atoms with Gasteiger partial charge in [0.25, 0.3) is 0 Å². The number of rotatable bonds is 5. The summed E-state index contributed by atoms with van der Waals surface area (Å²) in [6.45, 7) is 2.54. The second-order valence-corrected chi connectivity index (χ2v) is 4.49. The van der Waals surface area contributed by atoms with E-state index in [0.29, 0.717) is 17.5 Å². The van der Waals surface area contributed by atoms with Gasteiger partial charge in [-0.15, -0.1) is 5.10 Å². The summed E-state index contributed by atoms with van der Waals surface area (Å²) >= 11 is 1.33. The van der Waals surface area contributed by atoms with E-state index in [-0.39, 0.29) is 5.91 Å². The van der Waals surface area contributed by atoms with Crippen molar-refractivity contribution in [3.63, 3.8) is 0 Å². The normalized spacial score (nSPS) is 10.3. The summed E-state index contributed by atoms with van der Waals surface area (Å²) in [5, 5.41) is 7.64. The van der Waals surface area contributed by atoms with Crippen molar-refractivity contribution in [2.45, 2.75) is 12.1 Å². The first-order valence-corrected chi connectivity index (χ1v) is 6.64. The minimum atomic E-state index is -0.00133. The molecule has 2 rings (SSSR count). The molecular weight excluding hydrogens is 248 g/mol. The van der Waals surface area contributed by atoms with Gasteiger partial charge < -0.3 is 5.32 Å². The smallest absolute Gasteiger partial charge is 0.230 e. The van der Waals surface area contributed by atoms with Crippen molar-refractivity contribution in [3.8, 4) is 5.69 Å². The van der Waals surface area contributed by atoms with E-state index >= 15 is 0 Å². The van der Waals surface area contributed by atoms with Gasteiger partial charge in [-0.25, -0.2) is 9.67 Å². The molecule has 0 saturated carbocycles. The molecular formula is C12H14N4OS. The van der Waals surface area contributed by atoms with Crippen molar-refractivity contribution in [2.24, 2.45) is 0 Å². The molecule has 6 heteroatoms. The summed E-state index contributed by atoms with van der Waals surface area (Å²) in [5.41, 5.74) is 0.954. The van der Waals surface area contributed by atoms with Crippen LogP contribution in [0, 0.1) is 0 Å². The first kappa shape index (κ1) is 12.6. The molecule has 0 spiro atoms. The van der Waals surface area contributed by atoms with Gasteiger partial charge in [0, 0.05) is 6.54 Å². The molecule has 0 fully saturated rings. The molecule has 2 aromatic rings. The Kier molecular flexibility index (Phi) is 4.35. The Morgan fingerprint density at radius 2 is 2.17 bits per heavy atom. The molecule has 5 nitrogen and oxygen atoms in total. The van der Waals surface area contributed by atoms with Crippen LogP contribution in [0.4, 0.5) is 0 Å². The Morgan fingerprint density at radius 1 is 1.39 bits per heavy atom. The molecule has 1 heterocycles. The molecule has 0 atom stereocenters. The van der Waals surface area contributed by atoms with E-state index in [1.54, 1.807) is 11.0 Å². The number of aromatic nitrogens is 3. The van der Waals surface area contributed by atoms with Gasteiger partial charge in [-0.2, -0.15) is 0 Å². The zero-order chi connectivity index (χ0) is 12.8. The maximum atomic E-state index is 11.3. The highest BCUT2D eigenvalue weighted by atomic mass is 32.2. The number of hydrogen-bond acceptors (Lipinski definition) is 4. The molecule has 0 radical (unpaired) electrons. The first-order chi connectivity index (χ1) is 8.79. The molecule has 0 aliphatic carbocycles. The Hall–Kier alpha value is -1.82. The zero-order valence-corrected chi connectivity index (χ0v) is 10.9. The van der Waals surface area contributed by atoms with Crippen LogP contribution in [-0.4, -0.2) is 33.0 Å². The summed E-state index contributed by atoms with van der Waals surface area (Å²) < 4.78 is 1.69. The summed E-state index contributed by atoms with van der Waals surface area (Å²) in [6, 6.07) is 9.74. The van der Waals surface area contributed by atoms with E-state index in [4.69, 9.17) is 0 Å². The van der Waals surface area contributed by atoms with Crippen molar-refractivity contribution in [3.05, 3.63) is 36.7 Å². The fourth-order valence-corrected chi connectivity index (χ4v) is 2.03. The molecule has 0 aliphatic heterocycles. The number of nitrogens with zero attached hydrogens (tertiary/aromatic N) is 3. The van der Waals surface area contributed by atoms with E-state index in [1.807, 2.05) is 37.3 Å². The fraction of sp³-hybridized carbons (Fsp3) is 0.250. The van der Waals surface area contributed by atoms with Crippen LogP contribution < -0.4 is 5.32 Å². The molecule has 0 saturated heterocycles. The predicted octanol–water partition coefficient (Wildman–Crippen LogP) is 1.50. The highest BCUT2D eigenvalue weighted by molar-refractivity contribution is 7.99. The van der Waals surface area contributed by atoms with Crippen LogP contribution in [-0.2, 0) is 4.79 Å². The highest BCUT2D eigenvalue weighted by Gasteiger charge is 2.06. The third-order valence-corrected chi connectivity index (χ3v) is 3.05. The van der Waals surface area contributed by atoms with Gasteiger partial charge in [0.2, 0.25) is 11.1 Å². The summed E-state index contributed by atoms with van der Waals surface area (Å²) in [5.74, 6) is 0.339. The maximum Gasteiger partial charge on any atom is 0.230 e. The number of nitrogens with one attached hydrogen (secondary N) is 1. The quantitative estimate of drug-likeness (QED) is 0.829. The van der Waals surface area contributed by atoms with Gasteiger partial charge in [0.15, 0.2) is 0 Å². The molecule has 18 heavy (non-hydrogen) atoms. The minimum Gasteiger partial charge on any atom is -0.356 e. The van der Waals surface area contributed by atoms with Crippen LogP contribution in [0.1, 0.15) is 6.92 Å². The van der Waals surface area contributed by atoms with E-state index in [1.165, 1.54) is 11.8 Å². The van der Waals surface area contributed by atoms with E-state index in [0.717, 1.165) is 5.69 Å². The molecule has 1 amide bonds. The Bertz CT molecular complexity index is 512. The van der Waals surface area contributed by atoms with Crippen LogP contribution >= 0.6 is 11.8 Å². The Morgan fingerprint density at radius 3 is 2.89 bits per heavy atom. The lowest BCUT2D eigenvalue weighted by atomic mass is 10.3. The number of benzene rings is 1. The van der Waals surface area contributed by atoms with Gasteiger partial charge in [0.05, 0.1) is 11.4 Å². The van der Waals surface area contributed by atoms with Crippen LogP contribution in [0.2, 0.25) is 0 Å². The second kappa shape index (κ2) is 6.20. The first-order valence-electron chi connectivity index (χ1n) is 5.66. The zero-order valence-electron chi connectivity index (χ0n) is 10.0. The lowest BCUT2D eigenvalue weighted by molar-refractivity contribution is -0.118. The number of carbonyl (C=O) groups is 1. The molecule has 0 unspecified atom stereocenters. The predicted molar refractivity (Wildman–Crippen MR) is 70.8 cm³/mol. The molecule has 1 aromatic carbocycles. The van der Waals surface area contributed by atoms with Crippen molar-refractivity contribution in [1.82, 2.24) is 20.1 Å². The van der Waals surface area contributed by atoms with Crippen molar-refractivity contribution in [2.75, 3.05) is 12.3 Å². The molecule has 1 aromatic heterocycles. The number of carbonyl (C=O) groups excluding carboxylic acids is 1. The van der Waals surface area contributed by atoms with Gasteiger partial charge in [-0.1, -0.05) is 30.0 Å². The van der Waals surface area contributed by atoms with Crippen LogP contribution in [0.15, 0.2) is 41.8 Å². The monoisotopic (exact) mass is 262 g/mol. The topological polar surface area (TPSA) is 59.8 Å². The van der Waals surface area contributed by atoms with Gasteiger partial charge in [-0.3, -0.25) is 4.79 Å². The lowest BCUT2D eigenvalue weighted by Gasteiger charge is -1.99. The molecule has 94 valence electrons. The summed E-state index contributed by atoms with van der Waals surface area (Å²) in [7, 11) is 0. The summed E-state index contributed by atoms with van der Waals surface area (Å²) in [6.07, 6.45) is 1.65. The van der Waals surface area contributed by atoms with Crippen LogP contribution in [0.25, 0.3) is 5.69 Å². The number of amides is 1. The SMILES string of the molecule is CCNC(=O)CSc1ncn(-c2ccccc2)n1. The van der Waals surface area contributed by atoms with E-state index in [2.05, 4.69) is 15.4 Å². The van der Waals surface area contributed by atoms with Gasteiger partial charge >= 0.3 is 0 Å². The van der Waals surface area contributed by atoms with Gasteiger partial charge in [-0.05, 0) is 19.1 Å². The van der Waals surface area contributed by atoms with Crippen LogP contribution in [0.5, 0.6) is 0 Å². The maximum absolute atomic E-state index is 11.3. The average molecular weight is 262 g/mol. The second-order valence-electron chi connectivity index (χ2n) is 3.55. The fourth-order valence-electron chi connectivity index (χ4n) is 1.40. The van der Waals surface area contributed by atoms with Crippen molar-refractivity contribution >= 4 is 17.7 Å². The van der Waals surface area contributed by atoms with Crippen LogP contribution in [0.3, 0.4) is 0 Å². The van der Waals surface area contributed by atoms with E-state index in [9.17, 15) is 4.79 Å². The Balaban J connectivity index is 1.97. The average Bonchev–Trinajstić information content (AvgIpc) is 2.87.